The Balaban J connectivity index is 2.05. The Bertz CT molecular complexity index is 267. The number of nitrogens with zero attached hydrogens (tertiary/aromatic N) is 2. The Morgan fingerprint density at radius 3 is 2.85 bits per heavy atom. The summed E-state index contributed by atoms with van der Waals surface area (Å²) in [5, 5.41) is 7.21. The fourth-order valence-electron chi connectivity index (χ4n) is 1.60. The minimum absolute atomic E-state index is 0.331. The first kappa shape index (κ1) is 8.65. The lowest BCUT2D eigenvalue weighted by atomic mass is 9.98. The largest absolute Gasteiger partial charge is 0.338 e. The summed E-state index contributed by atoms with van der Waals surface area (Å²) in [6.45, 7) is 2.41. The zero-order valence-corrected chi connectivity index (χ0v) is 7.49. The SMILES string of the molecule is NCc1nc(C2CCNCC2)no1. The van der Waals surface area contributed by atoms with Crippen LogP contribution < -0.4 is 11.1 Å². The standard InChI is InChI=1S/C8H14N4O/c9-5-7-11-8(12-13-7)6-1-3-10-4-2-6/h6,10H,1-5,9H2. The maximum atomic E-state index is 5.38. The highest BCUT2D eigenvalue weighted by Gasteiger charge is 2.19. The number of piperidine rings is 1. The molecule has 3 N–H and O–H groups in total. The summed E-state index contributed by atoms with van der Waals surface area (Å²) in [5.41, 5.74) is 5.38. The molecule has 0 spiro atoms. The molecule has 1 aromatic heterocycles. The molecule has 5 nitrogen and oxygen atoms in total. The monoisotopic (exact) mass is 182 g/mol. The first-order chi connectivity index (χ1) is 6.40. The van der Waals surface area contributed by atoms with Crippen LogP contribution in [0, 0.1) is 0 Å². The van der Waals surface area contributed by atoms with Crippen molar-refractivity contribution >= 4 is 0 Å². The molecule has 0 atom stereocenters. The first-order valence-electron chi connectivity index (χ1n) is 4.63. The van der Waals surface area contributed by atoms with Gasteiger partial charge in [-0.05, 0) is 25.9 Å². The van der Waals surface area contributed by atoms with Crippen LogP contribution in [0.1, 0.15) is 30.5 Å². The average molecular weight is 182 g/mol. The van der Waals surface area contributed by atoms with Crippen molar-refractivity contribution in [2.75, 3.05) is 13.1 Å². The maximum Gasteiger partial charge on any atom is 0.240 e. The maximum absolute atomic E-state index is 5.38. The van der Waals surface area contributed by atoms with Crippen molar-refractivity contribution in [1.82, 2.24) is 15.5 Å². The molecule has 0 bridgehead atoms. The Morgan fingerprint density at radius 1 is 1.46 bits per heavy atom. The van der Waals surface area contributed by atoms with Crippen LogP contribution in [0.2, 0.25) is 0 Å². The minimum atomic E-state index is 0.331. The predicted octanol–water partition coefficient (Wildman–Crippen LogP) is -0.00470. The molecule has 72 valence electrons. The van der Waals surface area contributed by atoms with E-state index in [1.54, 1.807) is 0 Å². The summed E-state index contributed by atoms with van der Waals surface area (Å²) in [4.78, 5) is 4.22. The topological polar surface area (TPSA) is 77.0 Å². The summed E-state index contributed by atoms with van der Waals surface area (Å²) in [6.07, 6.45) is 2.17. The van der Waals surface area contributed by atoms with E-state index >= 15 is 0 Å². The molecule has 2 heterocycles. The smallest absolute Gasteiger partial charge is 0.240 e. The average Bonchev–Trinajstić information content (AvgIpc) is 2.67. The van der Waals surface area contributed by atoms with Crippen molar-refractivity contribution in [3.8, 4) is 0 Å². The van der Waals surface area contributed by atoms with E-state index in [0.29, 0.717) is 18.4 Å². The van der Waals surface area contributed by atoms with E-state index in [1.165, 1.54) is 0 Å². The van der Waals surface area contributed by atoms with Gasteiger partial charge in [-0.1, -0.05) is 5.16 Å². The van der Waals surface area contributed by atoms with Gasteiger partial charge in [-0.3, -0.25) is 0 Å². The third-order valence-electron chi connectivity index (χ3n) is 2.36. The molecule has 0 radical (unpaired) electrons. The van der Waals surface area contributed by atoms with Crippen molar-refractivity contribution in [1.29, 1.82) is 0 Å². The molecule has 1 saturated heterocycles. The molecule has 0 amide bonds. The molecule has 13 heavy (non-hydrogen) atoms. The number of rotatable bonds is 2. The fourth-order valence-corrected chi connectivity index (χ4v) is 1.60. The van der Waals surface area contributed by atoms with Crippen molar-refractivity contribution in [2.24, 2.45) is 5.73 Å². The van der Waals surface area contributed by atoms with Crippen molar-refractivity contribution in [3.05, 3.63) is 11.7 Å². The first-order valence-corrected chi connectivity index (χ1v) is 4.63. The van der Waals surface area contributed by atoms with Crippen LogP contribution >= 0.6 is 0 Å². The molecular weight excluding hydrogens is 168 g/mol. The van der Waals surface area contributed by atoms with Gasteiger partial charge in [-0.15, -0.1) is 0 Å². The second kappa shape index (κ2) is 3.85. The van der Waals surface area contributed by atoms with Crippen molar-refractivity contribution in [3.63, 3.8) is 0 Å². The third kappa shape index (κ3) is 1.87. The summed E-state index contributed by atoms with van der Waals surface area (Å²) in [7, 11) is 0. The Morgan fingerprint density at radius 2 is 2.23 bits per heavy atom. The fraction of sp³-hybridized carbons (Fsp3) is 0.750. The zero-order chi connectivity index (χ0) is 9.10. The zero-order valence-electron chi connectivity index (χ0n) is 7.49. The summed E-state index contributed by atoms with van der Waals surface area (Å²) >= 11 is 0. The van der Waals surface area contributed by atoms with Gasteiger partial charge in [-0.25, -0.2) is 0 Å². The minimum Gasteiger partial charge on any atom is -0.338 e. The second-order valence-corrected chi connectivity index (χ2v) is 3.27. The van der Waals surface area contributed by atoms with Gasteiger partial charge in [0.2, 0.25) is 5.89 Å². The summed E-state index contributed by atoms with van der Waals surface area (Å²) in [6, 6.07) is 0. The van der Waals surface area contributed by atoms with Gasteiger partial charge in [0.1, 0.15) is 0 Å². The van der Waals surface area contributed by atoms with Gasteiger partial charge >= 0.3 is 0 Å². The van der Waals surface area contributed by atoms with Crippen molar-refractivity contribution in [2.45, 2.75) is 25.3 Å². The van der Waals surface area contributed by atoms with Gasteiger partial charge in [-0.2, -0.15) is 4.98 Å². The molecule has 0 aromatic carbocycles. The number of nitrogens with one attached hydrogen (secondary N) is 1. The van der Waals surface area contributed by atoms with E-state index < -0.39 is 0 Å². The molecule has 5 heteroatoms. The normalized spacial score (nSPS) is 19.2. The van der Waals surface area contributed by atoms with E-state index in [0.717, 1.165) is 31.8 Å². The van der Waals surface area contributed by atoms with Crippen LogP contribution in [0.15, 0.2) is 4.52 Å². The van der Waals surface area contributed by atoms with Crippen molar-refractivity contribution < 1.29 is 4.52 Å². The lowest BCUT2D eigenvalue weighted by molar-refractivity contribution is 0.362. The Kier molecular flexibility index (Phi) is 2.56. The van der Waals surface area contributed by atoms with E-state index in [2.05, 4.69) is 15.5 Å². The van der Waals surface area contributed by atoms with Crippen LogP contribution in [-0.2, 0) is 6.54 Å². The molecule has 0 saturated carbocycles. The molecular formula is C8H14N4O. The lowest BCUT2D eigenvalue weighted by Crippen LogP contribution is -2.27. The van der Waals surface area contributed by atoms with Gasteiger partial charge in [0.05, 0.1) is 6.54 Å². The molecule has 0 aliphatic carbocycles. The number of aromatic nitrogens is 2. The highest BCUT2D eigenvalue weighted by molar-refractivity contribution is 4.97. The summed E-state index contributed by atoms with van der Waals surface area (Å²) in [5.74, 6) is 1.81. The quantitative estimate of drug-likeness (QED) is 0.673. The lowest BCUT2D eigenvalue weighted by Gasteiger charge is -2.18. The van der Waals surface area contributed by atoms with Crippen LogP contribution in [0.5, 0.6) is 0 Å². The third-order valence-corrected chi connectivity index (χ3v) is 2.36. The van der Waals surface area contributed by atoms with Crippen LogP contribution in [-0.4, -0.2) is 23.2 Å². The number of hydrogen-bond donors (Lipinski definition) is 2. The van der Waals surface area contributed by atoms with Crippen LogP contribution in [0.25, 0.3) is 0 Å². The highest BCUT2D eigenvalue weighted by atomic mass is 16.5. The van der Waals surface area contributed by atoms with Gasteiger partial charge in [0.25, 0.3) is 0 Å². The Labute approximate surface area is 76.7 Å². The molecule has 1 aromatic rings. The highest BCUT2D eigenvalue weighted by Crippen LogP contribution is 2.21. The number of nitrogens with two attached hydrogens (primary N) is 1. The van der Waals surface area contributed by atoms with Gasteiger partial charge in [0.15, 0.2) is 5.82 Å². The Hall–Kier alpha value is -0.940. The van der Waals surface area contributed by atoms with E-state index in [9.17, 15) is 0 Å². The van der Waals surface area contributed by atoms with E-state index in [1.807, 2.05) is 0 Å². The summed E-state index contributed by atoms with van der Waals surface area (Å²) < 4.78 is 4.96. The molecule has 1 aliphatic heterocycles. The molecule has 1 aliphatic rings. The van der Waals surface area contributed by atoms with E-state index in [-0.39, 0.29) is 0 Å². The van der Waals surface area contributed by atoms with Gasteiger partial charge < -0.3 is 15.6 Å². The second-order valence-electron chi connectivity index (χ2n) is 3.27. The number of hydrogen-bond acceptors (Lipinski definition) is 5. The van der Waals surface area contributed by atoms with Crippen LogP contribution in [0.3, 0.4) is 0 Å². The molecule has 1 fully saturated rings. The van der Waals surface area contributed by atoms with E-state index in [4.69, 9.17) is 10.3 Å². The molecule has 2 rings (SSSR count). The predicted molar refractivity (Wildman–Crippen MR) is 47.0 cm³/mol. The van der Waals surface area contributed by atoms with Crippen LogP contribution in [0.4, 0.5) is 0 Å². The molecule has 0 unspecified atom stereocenters. The van der Waals surface area contributed by atoms with Gasteiger partial charge in [0, 0.05) is 5.92 Å².